The topological polar surface area (TPSA) is 0 Å². The Morgan fingerprint density at radius 3 is 2.55 bits per heavy atom. The minimum atomic E-state index is 1.30. The molecule has 0 aromatic carbocycles. The second-order valence-electron chi connectivity index (χ2n) is 2.55. The number of allylic oxidation sites excluding steroid dienone is 3. The molecule has 0 nitrogen and oxygen atoms in total. The molecular formula is C9H14S2. The number of hydrogen-bond acceptors (Lipinski definition) is 2. The van der Waals surface area contributed by atoms with Crippen LogP contribution in [0.5, 0.6) is 0 Å². The van der Waals surface area contributed by atoms with E-state index in [0.717, 1.165) is 0 Å². The third-order valence-corrected chi connectivity index (χ3v) is 4.08. The maximum absolute atomic E-state index is 2.29. The summed E-state index contributed by atoms with van der Waals surface area (Å²) in [4.78, 5) is 0. The molecule has 1 aliphatic rings. The van der Waals surface area contributed by atoms with Crippen molar-refractivity contribution in [1.82, 2.24) is 0 Å². The molecule has 0 radical (unpaired) electrons. The van der Waals surface area contributed by atoms with E-state index in [1.807, 2.05) is 23.5 Å². The van der Waals surface area contributed by atoms with Crippen molar-refractivity contribution in [3.63, 3.8) is 0 Å². The van der Waals surface area contributed by atoms with Crippen LogP contribution in [-0.4, -0.2) is 11.5 Å². The summed E-state index contributed by atoms with van der Waals surface area (Å²) >= 11 is 3.98. The first-order chi connectivity index (χ1) is 5.33. The minimum Gasteiger partial charge on any atom is -0.119 e. The predicted octanol–water partition coefficient (Wildman–Crippen LogP) is 3.66. The van der Waals surface area contributed by atoms with Gasteiger partial charge in [-0.3, -0.25) is 0 Å². The minimum absolute atomic E-state index is 1.30. The molecule has 1 aliphatic heterocycles. The van der Waals surface area contributed by atoms with Gasteiger partial charge < -0.3 is 0 Å². The Labute approximate surface area is 77.5 Å². The number of rotatable bonds is 1. The zero-order valence-corrected chi connectivity index (χ0v) is 8.73. The van der Waals surface area contributed by atoms with Gasteiger partial charge in [0, 0.05) is 4.24 Å². The molecule has 0 bridgehead atoms. The van der Waals surface area contributed by atoms with E-state index in [4.69, 9.17) is 0 Å². The molecule has 1 heterocycles. The molecule has 1 rings (SSSR count). The molecule has 0 aliphatic carbocycles. The van der Waals surface area contributed by atoms with Crippen LogP contribution >= 0.6 is 23.5 Å². The highest BCUT2D eigenvalue weighted by molar-refractivity contribution is 8.22. The van der Waals surface area contributed by atoms with Crippen molar-refractivity contribution in [1.29, 1.82) is 0 Å². The fraction of sp³-hybridized carbons (Fsp3) is 0.556. The van der Waals surface area contributed by atoms with Crippen molar-refractivity contribution in [3.8, 4) is 0 Å². The quantitative estimate of drug-likeness (QED) is 0.613. The van der Waals surface area contributed by atoms with E-state index in [9.17, 15) is 0 Å². The van der Waals surface area contributed by atoms with Crippen LogP contribution in [-0.2, 0) is 0 Å². The fourth-order valence-electron chi connectivity index (χ4n) is 0.799. The Kier molecular flexibility index (Phi) is 4.16. The molecule has 0 spiro atoms. The van der Waals surface area contributed by atoms with Gasteiger partial charge in [-0.25, -0.2) is 0 Å². The zero-order valence-electron chi connectivity index (χ0n) is 7.09. The summed E-state index contributed by atoms with van der Waals surface area (Å²) in [6.07, 6.45) is 5.80. The van der Waals surface area contributed by atoms with Crippen molar-refractivity contribution >= 4 is 23.5 Å². The van der Waals surface area contributed by atoms with Crippen molar-refractivity contribution in [2.24, 2.45) is 0 Å². The summed E-state index contributed by atoms with van der Waals surface area (Å²) in [5.74, 6) is 2.60. The molecule has 0 unspecified atom stereocenters. The van der Waals surface area contributed by atoms with Crippen LogP contribution in [0, 0.1) is 0 Å². The molecule has 0 aromatic heterocycles. The summed E-state index contributed by atoms with van der Waals surface area (Å²) in [5.41, 5.74) is 1.38. The van der Waals surface area contributed by atoms with Crippen molar-refractivity contribution < 1.29 is 0 Å². The normalized spacial score (nSPS) is 20.2. The van der Waals surface area contributed by atoms with Crippen LogP contribution in [0.2, 0.25) is 0 Å². The fourth-order valence-corrected chi connectivity index (χ4v) is 3.33. The van der Waals surface area contributed by atoms with Crippen LogP contribution in [0.1, 0.15) is 20.3 Å². The lowest BCUT2D eigenvalue weighted by Crippen LogP contribution is -1.91. The maximum atomic E-state index is 2.29. The Morgan fingerprint density at radius 2 is 2.00 bits per heavy atom. The van der Waals surface area contributed by atoms with Gasteiger partial charge in [-0.2, -0.15) is 0 Å². The van der Waals surface area contributed by atoms with E-state index >= 15 is 0 Å². The van der Waals surface area contributed by atoms with E-state index in [0.29, 0.717) is 0 Å². The molecule has 0 saturated carbocycles. The summed E-state index contributed by atoms with van der Waals surface area (Å²) in [6, 6.07) is 0. The second-order valence-corrected chi connectivity index (χ2v) is 5.08. The standard InChI is InChI=1S/C9H14S2/c1-3-8(2)7-9-10-5-4-6-11-9/h3,7H,4-6H2,1-2H3/b8-3+. The molecule has 2 heteroatoms. The summed E-state index contributed by atoms with van der Waals surface area (Å²) in [6.45, 7) is 4.24. The highest BCUT2D eigenvalue weighted by atomic mass is 32.2. The van der Waals surface area contributed by atoms with Crippen LogP contribution in [0.25, 0.3) is 0 Å². The molecule has 11 heavy (non-hydrogen) atoms. The average molecular weight is 186 g/mol. The molecule has 0 amide bonds. The smallest absolute Gasteiger partial charge is 0.0403 e. The second kappa shape index (κ2) is 4.94. The van der Waals surface area contributed by atoms with E-state index in [1.165, 1.54) is 27.7 Å². The van der Waals surface area contributed by atoms with Crippen LogP contribution in [0.4, 0.5) is 0 Å². The largest absolute Gasteiger partial charge is 0.119 e. The zero-order chi connectivity index (χ0) is 8.10. The first-order valence-corrected chi connectivity index (χ1v) is 5.90. The van der Waals surface area contributed by atoms with Gasteiger partial charge in [0.25, 0.3) is 0 Å². The van der Waals surface area contributed by atoms with Gasteiger partial charge in [-0.05, 0) is 37.9 Å². The van der Waals surface area contributed by atoms with Crippen LogP contribution in [0.3, 0.4) is 0 Å². The van der Waals surface area contributed by atoms with Crippen LogP contribution in [0.15, 0.2) is 22.0 Å². The first kappa shape index (κ1) is 9.27. The van der Waals surface area contributed by atoms with Crippen molar-refractivity contribution in [2.75, 3.05) is 11.5 Å². The van der Waals surface area contributed by atoms with Crippen molar-refractivity contribution in [3.05, 3.63) is 22.0 Å². The monoisotopic (exact) mass is 186 g/mol. The maximum Gasteiger partial charge on any atom is 0.0403 e. The van der Waals surface area contributed by atoms with E-state index in [1.54, 1.807) is 0 Å². The molecule has 1 fully saturated rings. The van der Waals surface area contributed by atoms with Crippen molar-refractivity contribution in [2.45, 2.75) is 20.3 Å². The lowest BCUT2D eigenvalue weighted by molar-refractivity contribution is 1.12. The van der Waals surface area contributed by atoms with Gasteiger partial charge >= 0.3 is 0 Å². The third kappa shape index (κ3) is 3.39. The molecule has 1 saturated heterocycles. The number of thioether (sulfide) groups is 2. The van der Waals surface area contributed by atoms with Crippen LogP contribution < -0.4 is 0 Å². The van der Waals surface area contributed by atoms with Gasteiger partial charge in [-0.1, -0.05) is 11.6 Å². The average Bonchev–Trinajstić information content (AvgIpc) is 2.06. The first-order valence-electron chi connectivity index (χ1n) is 3.93. The van der Waals surface area contributed by atoms with Gasteiger partial charge in [0.2, 0.25) is 0 Å². The molecule has 62 valence electrons. The Bertz CT molecular complexity index is 172. The van der Waals surface area contributed by atoms with Gasteiger partial charge in [0.05, 0.1) is 0 Å². The third-order valence-electron chi connectivity index (χ3n) is 1.58. The highest BCUT2D eigenvalue weighted by Gasteiger charge is 2.05. The van der Waals surface area contributed by atoms with E-state index < -0.39 is 0 Å². The van der Waals surface area contributed by atoms with Gasteiger partial charge in [0.1, 0.15) is 0 Å². The van der Waals surface area contributed by atoms with Gasteiger partial charge in [0.15, 0.2) is 0 Å². The van der Waals surface area contributed by atoms with E-state index in [-0.39, 0.29) is 0 Å². The number of hydrogen-bond donors (Lipinski definition) is 0. The molecule has 0 atom stereocenters. The Hall–Kier alpha value is 0.180. The molecule has 0 N–H and O–H groups in total. The molecular weight excluding hydrogens is 172 g/mol. The lowest BCUT2D eigenvalue weighted by atomic mass is 10.3. The van der Waals surface area contributed by atoms with E-state index in [2.05, 4.69) is 26.0 Å². The Morgan fingerprint density at radius 1 is 1.36 bits per heavy atom. The predicted molar refractivity (Wildman–Crippen MR) is 57.0 cm³/mol. The molecule has 0 aromatic rings. The van der Waals surface area contributed by atoms with Gasteiger partial charge in [-0.15, -0.1) is 23.5 Å². The highest BCUT2D eigenvalue weighted by Crippen LogP contribution is 2.35. The lowest BCUT2D eigenvalue weighted by Gasteiger charge is -2.12. The summed E-state index contributed by atoms with van der Waals surface area (Å²) < 4.78 is 1.49. The Balaban J connectivity index is 2.50. The SMILES string of the molecule is C/C=C(\C)C=C1SCCCS1. The summed E-state index contributed by atoms with van der Waals surface area (Å²) in [7, 11) is 0. The summed E-state index contributed by atoms with van der Waals surface area (Å²) in [5, 5.41) is 0.